The first kappa shape index (κ1) is 17.0. The van der Waals surface area contributed by atoms with Gasteiger partial charge in [0.25, 0.3) is 0 Å². The number of hydrogen-bond acceptors (Lipinski definition) is 3. The van der Waals surface area contributed by atoms with E-state index in [0.717, 1.165) is 44.6 Å². The first-order valence-electron chi connectivity index (χ1n) is 10.00. The number of likely N-dealkylation sites (tertiary alicyclic amines) is 2. The van der Waals surface area contributed by atoms with Gasteiger partial charge in [-0.15, -0.1) is 0 Å². The van der Waals surface area contributed by atoms with E-state index in [-0.39, 0.29) is 12.0 Å². The highest BCUT2D eigenvalue weighted by molar-refractivity contribution is 5.82. The molecule has 0 radical (unpaired) electrons. The van der Waals surface area contributed by atoms with E-state index >= 15 is 0 Å². The summed E-state index contributed by atoms with van der Waals surface area (Å²) in [5.41, 5.74) is 1.00. The zero-order valence-electron chi connectivity index (χ0n) is 15.0. The molecule has 4 rings (SSSR count). The van der Waals surface area contributed by atoms with Crippen molar-refractivity contribution >= 4 is 5.91 Å². The molecule has 1 N–H and O–H groups in total. The molecule has 0 spiro atoms. The van der Waals surface area contributed by atoms with Crippen molar-refractivity contribution in [1.29, 1.82) is 0 Å². The predicted molar refractivity (Wildman–Crippen MR) is 98.0 cm³/mol. The topological polar surface area (TPSA) is 43.8 Å². The lowest BCUT2D eigenvalue weighted by Gasteiger charge is -2.38. The quantitative estimate of drug-likeness (QED) is 0.895. The highest BCUT2D eigenvalue weighted by Gasteiger charge is 2.43. The first-order valence-corrected chi connectivity index (χ1v) is 10.00. The van der Waals surface area contributed by atoms with E-state index < -0.39 is 6.10 Å². The molecular formula is C21H30N2O2. The van der Waals surface area contributed by atoms with Crippen molar-refractivity contribution in [1.82, 2.24) is 9.80 Å². The molecule has 25 heavy (non-hydrogen) atoms. The summed E-state index contributed by atoms with van der Waals surface area (Å²) in [5, 5.41) is 10.6. The second-order valence-corrected chi connectivity index (χ2v) is 8.04. The van der Waals surface area contributed by atoms with Crippen molar-refractivity contribution in [3.05, 3.63) is 35.9 Å². The summed E-state index contributed by atoms with van der Waals surface area (Å²) >= 11 is 0. The normalized spacial score (nSPS) is 25.1. The number of rotatable bonds is 5. The average molecular weight is 342 g/mol. The summed E-state index contributed by atoms with van der Waals surface area (Å²) in [7, 11) is 0. The Bertz CT molecular complexity index is 573. The molecule has 3 aliphatic rings. The van der Waals surface area contributed by atoms with Crippen LogP contribution in [0.4, 0.5) is 0 Å². The highest BCUT2D eigenvalue weighted by atomic mass is 16.3. The molecule has 0 aromatic heterocycles. The van der Waals surface area contributed by atoms with Crippen LogP contribution in [0.25, 0.3) is 0 Å². The van der Waals surface area contributed by atoms with Crippen LogP contribution in [0, 0.1) is 11.8 Å². The van der Waals surface area contributed by atoms with Gasteiger partial charge in [0.05, 0.1) is 12.1 Å². The van der Waals surface area contributed by atoms with Crippen LogP contribution in [0.5, 0.6) is 0 Å². The lowest BCUT2D eigenvalue weighted by Crippen LogP contribution is -2.51. The van der Waals surface area contributed by atoms with Gasteiger partial charge >= 0.3 is 0 Å². The fourth-order valence-electron chi connectivity index (χ4n) is 4.63. The fraction of sp³-hybridized carbons (Fsp3) is 0.667. The van der Waals surface area contributed by atoms with Crippen molar-refractivity contribution in [3.63, 3.8) is 0 Å². The van der Waals surface area contributed by atoms with Gasteiger partial charge in [0.2, 0.25) is 5.91 Å². The monoisotopic (exact) mass is 342 g/mol. The van der Waals surface area contributed by atoms with Crippen molar-refractivity contribution in [2.45, 2.75) is 50.7 Å². The van der Waals surface area contributed by atoms with Crippen LogP contribution in [-0.4, -0.2) is 53.0 Å². The summed E-state index contributed by atoms with van der Waals surface area (Å²) in [6.45, 7) is 3.78. The number of hydrogen-bond donors (Lipinski definition) is 1. The molecule has 1 aromatic carbocycles. The molecule has 3 fully saturated rings. The van der Waals surface area contributed by atoms with Gasteiger partial charge in [0.15, 0.2) is 0 Å². The molecule has 1 aliphatic carbocycles. The van der Waals surface area contributed by atoms with Crippen molar-refractivity contribution in [2.24, 2.45) is 11.8 Å². The van der Waals surface area contributed by atoms with Gasteiger partial charge in [-0.1, -0.05) is 30.3 Å². The van der Waals surface area contributed by atoms with Crippen LogP contribution in [0.2, 0.25) is 0 Å². The maximum atomic E-state index is 13.1. The van der Waals surface area contributed by atoms with Crippen LogP contribution in [0.3, 0.4) is 0 Å². The number of nitrogens with zero attached hydrogens (tertiary/aromatic N) is 2. The summed E-state index contributed by atoms with van der Waals surface area (Å²) in [4.78, 5) is 17.6. The number of aliphatic hydroxyl groups excluding tert-OH is 1. The van der Waals surface area contributed by atoms with Crippen LogP contribution >= 0.6 is 0 Å². The van der Waals surface area contributed by atoms with E-state index in [2.05, 4.69) is 9.80 Å². The molecule has 0 unspecified atom stereocenters. The largest absolute Gasteiger partial charge is 0.388 e. The van der Waals surface area contributed by atoms with E-state index in [1.54, 1.807) is 0 Å². The van der Waals surface area contributed by atoms with E-state index in [1.165, 1.54) is 25.7 Å². The molecule has 1 saturated carbocycles. The minimum absolute atomic E-state index is 0.137. The first-order chi connectivity index (χ1) is 12.2. The van der Waals surface area contributed by atoms with Gasteiger partial charge in [-0.3, -0.25) is 9.69 Å². The summed E-state index contributed by atoms with van der Waals surface area (Å²) in [5.74, 6) is 1.22. The molecule has 2 heterocycles. The second-order valence-electron chi connectivity index (χ2n) is 8.04. The van der Waals surface area contributed by atoms with Gasteiger partial charge in [-0.05, 0) is 69.0 Å². The fourth-order valence-corrected chi connectivity index (χ4v) is 4.63. The van der Waals surface area contributed by atoms with Crippen LogP contribution in [-0.2, 0) is 4.79 Å². The minimum atomic E-state index is -0.406. The third-order valence-corrected chi connectivity index (χ3v) is 6.29. The molecule has 1 amide bonds. The summed E-state index contributed by atoms with van der Waals surface area (Å²) < 4.78 is 0. The van der Waals surface area contributed by atoms with Crippen LogP contribution in [0.15, 0.2) is 30.3 Å². The Morgan fingerprint density at radius 2 is 1.56 bits per heavy atom. The number of amides is 1. The maximum Gasteiger partial charge on any atom is 0.240 e. The Balaban J connectivity index is 1.35. The zero-order valence-corrected chi connectivity index (χ0v) is 15.0. The molecule has 1 aromatic rings. The van der Waals surface area contributed by atoms with E-state index in [0.29, 0.717) is 11.8 Å². The standard InChI is InChI=1S/C21H30N2O2/c24-20(17-6-2-1-3-7-17)18-10-14-23(15-11-18)21(25)19(16-8-9-16)22-12-4-5-13-22/h1-3,6-7,16,18-20,24H,4-5,8-15H2/t19-,20-/m1/s1. The van der Waals surface area contributed by atoms with Gasteiger partial charge in [0.1, 0.15) is 0 Å². The molecule has 2 saturated heterocycles. The Kier molecular flexibility index (Phi) is 5.09. The third kappa shape index (κ3) is 3.75. The molecule has 4 nitrogen and oxygen atoms in total. The van der Waals surface area contributed by atoms with Gasteiger partial charge in [-0.2, -0.15) is 0 Å². The van der Waals surface area contributed by atoms with Crippen LogP contribution in [0.1, 0.15) is 50.2 Å². The van der Waals surface area contributed by atoms with Gasteiger partial charge in [-0.25, -0.2) is 0 Å². The van der Waals surface area contributed by atoms with Crippen molar-refractivity contribution in [2.75, 3.05) is 26.2 Å². The number of aliphatic hydroxyl groups is 1. The van der Waals surface area contributed by atoms with Crippen molar-refractivity contribution in [3.8, 4) is 0 Å². The number of piperidine rings is 1. The minimum Gasteiger partial charge on any atom is -0.388 e. The average Bonchev–Trinajstić information content (AvgIpc) is 3.35. The lowest BCUT2D eigenvalue weighted by molar-refractivity contribution is -0.139. The highest BCUT2D eigenvalue weighted by Crippen LogP contribution is 2.38. The Labute approximate surface area is 150 Å². The van der Waals surface area contributed by atoms with E-state index in [9.17, 15) is 9.90 Å². The van der Waals surface area contributed by atoms with Gasteiger partial charge in [0, 0.05) is 13.1 Å². The Morgan fingerprint density at radius 3 is 2.16 bits per heavy atom. The molecule has 4 heteroatoms. The third-order valence-electron chi connectivity index (χ3n) is 6.29. The summed E-state index contributed by atoms with van der Waals surface area (Å²) in [6.07, 6.45) is 6.31. The van der Waals surface area contributed by atoms with Gasteiger partial charge < -0.3 is 10.0 Å². The number of benzene rings is 1. The number of carbonyl (C=O) groups is 1. The molecule has 2 aliphatic heterocycles. The molecule has 0 bridgehead atoms. The Morgan fingerprint density at radius 1 is 0.920 bits per heavy atom. The SMILES string of the molecule is O=C([C@@H](C1CC1)N1CCCC1)N1CCC([C@H](O)c2ccccc2)CC1. The molecule has 136 valence electrons. The Hall–Kier alpha value is -1.39. The smallest absolute Gasteiger partial charge is 0.240 e. The zero-order chi connectivity index (χ0) is 17.2. The summed E-state index contributed by atoms with van der Waals surface area (Å²) in [6, 6.07) is 10.1. The van der Waals surface area contributed by atoms with Crippen LogP contribution < -0.4 is 0 Å². The maximum absolute atomic E-state index is 13.1. The van der Waals surface area contributed by atoms with E-state index in [1.807, 2.05) is 30.3 Å². The second kappa shape index (κ2) is 7.46. The predicted octanol–water partition coefficient (Wildman–Crippen LogP) is 2.83. The number of carbonyl (C=O) groups excluding carboxylic acids is 1. The van der Waals surface area contributed by atoms with E-state index in [4.69, 9.17) is 0 Å². The van der Waals surface area contributed by atoms with Crippen molar-refractivity contribution < 1.29 is 9.90 Å². The molecular weight excluding hydrogens is 312 g/mol. The lowest BCUT2D eigenvalue weighted by atomic mass is 9.87. The molecule has 2 atom stereocenters.